The summed E-state index contributed by atoms with van der Waals surface area (Å²) in [6.07, 6.45) is 3.94. The molecule has 4 heteroatoms. The second-order valence-corrected chi connectivity index (χ2v) is 5.88. The van der Waals surface area contributed by atoms with Crippen LogP contribution in [0.3, 0.4) is 0 Å². The summed E-state index contributed by atoms with van der Waals surface area (Å²) in [6, 6.07) is 16.5. The summed E-state index contributed by atoms with van der Waals surface area (Å²) < 4.78 is 20.8. The number of pyridine rings is 1. The molecule has 0 fully saturated rings. The Kier molecular flexibility index (Phi) is 3.58. The summed E-state index contributed by atoms with van der Waals surface area (Å²) in [4.78, 5) is 4.55. The Labute approximate surface area is 139 Å². The van der Waals surface area contributed by atoms with Crippen molar-refractivity contribution < 1.29 is 13.4 Å². The van der Waals surface area contributed by atoms with E-state index in [2.05, 4.69) is 4.98 Å². The third kappa shape index (κ3) is 2.91. The van der Waals surface area contributed by atoms with E-state index in [1.165, 1.54) is 12.1 Å². The Morgan fingerprint density at radius 3 is 2.50 bits per heavy atom. The predicted octanol–water partition coefficient (Wildman–Crippen LogP) is 4.28. The summed E-state index contributed by atoms with van der Waals surface area (Å²) in [5.74, 6) is 0.398. The molecular formula is C20H16FN2O+. The predicted molar refractivity (Wildman–Crippen MR) is 89.9 cm³/mol. The number of hydrogen-bond donors (Lipinski definition) is 0. The molecular weight excluding hydrogens is 303 g/mol. The van der Waals surface area contributed by atoms with E-state index in [0.717, 1.165) is 27.8 Å². The van der Waals surface area contributed by atoms with Gasteiger partial charge in [0.25, 0.3) is 0 Å². The third-order valence-corrected chi connectivity index (χ3v) is 3.96. The van der Waals surface area contributed by atoms with Crippen LogP contribution in [0.5, 0.6) is 0 Å². The van der Waals surface area contributed by atoms with E-state index in [0.29, 0.717) is 12.4 Å². The highest BCUT2D eigenvalue weighted by atomic mass is 19.1. The Morgan fingerprint density at radius 2 is 1.75 bits per heavy atom. The smallest absolute Gasteiger partial charge is 0.227 e. The van der Waals surface area contributed by atoms with Crippen LogP contribution in [0.15, 0.2) is 71.4 Å². The van der Waals surface area contributed by atoms with Crippen molar-refractivity contribution in [1.29, 1.82) is 0 Å². The summed E-state index contributed by atoms with van der Waals surface area (Å²) in [7, 11) is 0. The number of rotatable bonds is 3. The number of aryl methyl sites for hydroxylation is 1. The van der Waals surface area contributed by atoms with Gasteiger partial charge in [0.05, 0.1) is 0 Å². The lowest BCUT2D eigenvalue weighted by atomic mass is 10.2. The molecule has 2 heterocycles. The first-order chi connectivity index (χ1) is 11.7. The first kappa shape index (κ1) is 14.6. The van der Waals surface area contributed by atoms with Crippen molar-refractivity contribution in [2.24, 2.45) is 0 Å². The molecule has 4 rings (SSSR count). The summed E-state index contributed by atoms with van der Waals surface area (Å²) >= 11 is 0. The highest BCUT2D eigenvalue weighted by Gasteiger charge is 2.10. The molecule has 2 aromatic carbocycles. The van der Waals surface area contributed by atoms with Gasteiger partial charge in [-0.1, -0.05) is 6.07 Å². The lowest BCUT2D eigenvalue weighted by molar-refractivity contribution is -0.688. The first-order valence-electron chi connectivity index (χ1n) is 7.78. The molecule has 0 aliphatic heterocycles. The summed E-state index contributed by atoms with van der Waals surface area (Å²) in [5, 5.41) is 0. The molecule has 0 aliphatic carbocycles. The molecule has 0 aliphatic rings. The van der Waals surface area contributed by atoms with Crippen LogP contribution in [0.2, 0.25) is 0 Å². The lowest BCUT2D eigenvalue weighted by Crippen LogP contribution is -2.32. The standard InChI is InChI=1S/C20H16FN2O/c1-14-2-7-19-18(12-14)22-20(24-19)16-8-10-23(11-9-16)13-15-3-5-17(21)6-4-15/h2-12H,13H2,1H3/q+1. The zero-order valence-electron chi connectivity index (χ0n) is 13.2. The maximum atomic E-state index is 13.0. The number of aromatic nitrogens is 2. The van der Waals surface area contributed by atoms with E-state index in [1.807, 2.05) is 54.2 Å². The van der Waals surface area contributed by atoms with Crippen LogP contribution < -0.4 is 4.57 Å². The molecule has 0 bridgehead atoms. The zero-order valence-corrected chi connectivity index (χ0v) is 13.2. The van der Waals surface area contributed by atoms with Crippen molar-refractivity contribution in [3.63, 3.8) is 0 Å². The molecule has 0 saturated carbocycles. The highest BCUT2D eigenvalue weighted by Crippen LogP contribution is 2.24. The third-order valence-electron chi connectivity index (χ3n) is 3.96. The minimum absolute atomic E-state index is 0.217. The van der Waals surface area contributed by atoms with Crippen LogP contribution in [-0.4, -0.2) is 4.98 Å². The molecule has 0 atom stereocenters. The molecule has 2 aromatic heterocycles. The van der Waals surface area contributed by atoms with Crippen LogP contribution in [0, 0.1) is 12.7 Å². The summed E-state index contributed by atoms with van der Waals surface area (Å²) in [5.41, 5.74) is 4.80. The Morgan fingerprint density at radius 1 is 1.00 bits per heavy atom. The Balaban J connectivity index is 1.59. The van der Waals surface area contributed by atoms with Gasteiger partial charge in [0.2, 0.25) is 5.89 Å². The van der Waals surface area contributed by atoms with E-state index in [4.69, 9.17) is 4.42 Å². The van der Waals surface area contributed by atoms with Gasteiger partial charge in [-0.3, -0.25) is 0 Å². The molecule has 3 nitrogen and oxygen atoms in total. The fourth-order valence-corrected chi connectivity index (χ4v) is 2.67. The largest absolute Gasteiger partial charge is 0.436 e. The maximum Gasteiger partial charge on any atom is 0.227 e. The molecule has 24 heavy (non-hydrogen) atoms. The molecule has 118 valence electrons. The minimum atomic E-state index is -0.217. The van der Waals surface area contributed by atoms with E-state index in [1.54, 1.807) is 12.1 Å². The van der Waals surface area contributed by atoms with Crippen LogP contribution >= 0.6 is 0 Å². The first-order valence-corrected chi connectivity index (χ1v) is 7.78. The van der Waals surface area contributed by atoms with Gasteiger partial charge in [-0.2, -0.15) is 0 Å². The number of fused-ring (bicyclic) bond motifs is 1. The lowest BCUT2D eigenvalue weighted by Gasteiger charge is -1.99. The normalized spacial score (nSPS) is 11.1. The van der Waals surface area contributed by atoms with Crippen molar-refractivity contribution in [3.05, 3.63) is 83.9 Å². The molecule has 0 unspecified atom stereocenters. The molecule has 0 spiro atoms. The number of hydrogen-bond acceptors (Lipinski definition) is 2. The fourth-order valence-electron chi connectivity index (χ4n) is 2.67. The van der Waals surface area contributed by atoms with Gasteiger partial charge in [0.1, 0.15) is 11.3 Å². The van der Waals surface area contributed by atoms with E-state index < -0.39 is 0 Å². The average molecular weight is 319 g/mol. The monoisotopic (exact) mass is 319 g/mol. The fraction of sp³-hybridized carbons (Fsp3) is 0.100. The van der Waals surface area contributed by atoms with Gasteiger partial charge in [-0.15, -0.1) is 0 Å². The van der Waals surface area contributed by atoms with E-state index in [-0.39, 0.29) is 5.82 Å². The van der Waals surface area contributed by atoms with Gasteiger partial charge in [-0.25, -0.2) is 13.9 Å². The van der Waals surface area contributed by atoms with Crippen LogP contribution in [-0.2, 0) is 6.54 Å². The number of benzene rings is 2. The second-order valence-electron chi connectivity index (χ2n) is 5.88. The van der Waals surface area contributed by atoms with Gasteiger partial charge < -0.3 is 4.42 Å². The molecule has 0 saturated heterocycles. The number of oxazole rings is 1. The minimum Gasteiger partial charge on any atom is -0.436 e. The topological polar surface area (TPSA) is 29.9 Å². The quantitative estimate of drug-likeness (QED) is 0.528. The molecule has 0 radical (unpaired) electrons. The van der Waals surface area contributed by atoms with Crippen molar-refractivity contribution in [2.45, 2.75) is 13.5 Å². The van der Waals surface area contributed by atoms with Crippen LogP contribution in [0.4, 0.5) is 4.39 Å². The van der Waals surface area contributed by atoms with E-state index >= 15 is 0 Å². The number of halogens is 1. The molecule has 0 N–H and O–H groups in total. The second kappa shape index (κ2) is 5.89. The zero-order chi connectivity index (χ0) is 16.5. The van der Waals surface area contributed by atoms with Gasteiger partial charge >= 0.3 is 0 Å². The highest BCUT2D eigenvalue weighted by molar-refractivity contribution is 5.76. The van der Waals surface area contributed by atoms with Crippen LogP contribution in [0.1, 0.15) is 11.1 Å². The van der Waals surface area contributed by atoms with Crippen molar-refractivity contribution in [2.75, 3.05) is 0 Å². The molecule has 0 amide bonds. The molecule has 4 aromatic rings. The number of nitrogens with zero attached hydrogens (tertiary/aromatic N) is 2. The van der Waals surface area contributed by atoms with Crippen molar-refractivity contribution >= 4 is 11.1 Å². The maximum absolute atomic E-state index is 13.0. The SMILES string of the molecule is Cc1ccc2oc(-c3cc[n+](Cc4ccc(F)cc4)cc3)nc2c1. The van der Waals surface area contributed by atoms with Gasteiger partial charge in [0, 0.05) is 23.3 Å². The summed E-state index contributed by atoms with van der Waals surface area (Å²) in [6.45, 7) is 2.72. The van der Waals surface area contributed by atoms with Crippen molar-refractivity contribution in [1.82, 2.24) is 4.98 Å². The Bertz CT molecular complexity index is 989. The average Bonchev–Trinajstić information content (AvgIpc) is 3.01. The van der Waals surface area contributed by atoms with Crippen LogP contribution in [0.25, 0.3) is 22.6 Å². The van der Waals surface area contributed by atoms with Crippen molar-refractivity contribution in [3.8, 4) is 11.5 Å². The van der Waals surface area contributed by atoms with E-state index in [9.17, 15) is 4.39 Å². The van der Waals surface area contributed by atoms with Gasteiger partial charge in [0.15, 0.2) is 24.5 Å². The Hall–Kier alpha value is -3.01. The van der Waals surface area contributed by atoms with Gasteiger partial charge in [-0.05, 0) is 48.9 Å².